The molecule has 18 atom stereocenters. The van der Waals surface area contributed by atoms with E-state index in [4.69, 9.17) is 26.8 Å². The van der Waals surface area contributed by atoms with Gasteiger partial charge < -0.3 is 40.6 Å². The molecule has 4 aromatic rings. The van der Waals surface area contributed by atoms with Gasteiger partial charge in [-0.25, -0.2) is 24.2 Å². The number of halogens is 1. The number of hydrogen-bond acceptors (Lipinski definition) is 17. The molecule has 12 aliphatic rings. The quantitative estimate of drug-likeness (QED) is 0.0301. The summed E-state index contributed by atoms with van der Waals surface area (Å²) in [6.45, 7) is 5.58. The number of nitrogen functional groups attached to an aromatic ring is 1. The third-order valence-electron chi connectivity index (χ3n) is 26.7. The number of carbonyl (C=O) groups excluding carboxylic acids is 7. The summed E-state index contributed by atoms with van der Waals surface area (Å²) in [6.07, 6.45) is 43.1. The van der Waals surface area contributed by atoms with Crippen molar-refractivity contribution in [3.05, 3.63) is 100 Å². The lowest BCUT2D eigenvalue weighted by molar-refractivity contribution is -0.166. The first-order valence-electron chi connectivity index (χ1n) is 41.5. The zero-order valence-corrected chi connectivity index (χ0v) is 64.3. The molecular weight excluding hydrogens is 1370 g/mol. The summed E-state index contributed by atoms with van der Waals surface area (Å²) in [4.78, 5) is 111. The molecule has 22 heteroatoms. The third kappa shape index (κ3) is 18.9. The molecule has 12 bridgehead atoms. The molecule has 12 fully saturated rings. The minimum Gasteiger partial charge on any atom is -0.460 e. The first-order valence-corrected chi connectivity index (χ1v) is 42.0. The van der Waals surface area contributed by atoms with Crippen molar-refractivity contribution in [2.24, 2.45) is 35.5 Å². The van der Waals surface area contributed by atoms with Crippen LogP contribution in [0.25, 0.3) is 10.9 Å². The molecule has 0 radical (unpaired) electrons. The normalized spacial score (nSPS) is 32.0. The molecule has 6 saturated heterocycles. The highest BCUT2D eigenvalue weighted by Crippen LogP contribution is 2.50. The van der Waals surface area contributed by atoms with Crippen molar-refractivity contribution in [3.63, 3.8) is 0 Å². The Hall–Kier alpha value is -6.94. The van der Waals surface area contributed by atoms with E-state index < -0.39 is 29.8 Å². The second kappa shape index (κ2) is 36.7. The molecule has 6 saturated carbocycles. The van der Waals surface area contributed by atoms with Crippen LogP contribution in [0.5, 0.6) is 0 Å². The molecular formula is C85H118ClN9O12. The summed E-state index contributed by atoms with van der Waals surface area (Å²) in [6, 6.07) is 27.4. The predicted molar refractivity (Wildman–Crippen MR) is 412 cm³/mol. The van der Waals surface area contributed by atoms with Gasteiger partial charge in [0.25, 0.3) is 17.4 Å². The van der Waals surface area contributed by atoms with Crippen molar-refractivity contribution < 1.29 is 52.5 Å². The molecule has 7 heterocycles. The number of fused-ring (bicyclic) bond motifs is 13. The van der Waals surface area contributed by atoms with Gasteiger partial charge in [-0.1, -0.05) is 125 Å². The van der Waals surface area contributed by atoms with Gasteiger partial charge in [-0.2, -0.15) is 0 Å². The molecule has 16 rings (SSSR count). The number of alkyl halides is 1. The van der Waals surface area contributed by atoms with E-state index in [2.05, 4.69) is 45.1 Å². The van der Waals surface area contributed by atoms with Crippen LogP contribution < -0.4 is 27.2 Å². The Balaban J connectivity index is 0.000000134. The fourth-order valence-electron chi connectivity index (χ4n) is 22.8. The number of esters is 4. The van der Waals surface area contributed by atoms with E-state index in [1.165, 1.54) is 173 Å². The second-order valence-electron chi connectivity index (χ2n) is 33.5. The van der Waals surface area contributed by atoms with Crippen LogP contribution in [-0.4, -0.2) is 158 Å². The number of ether oxygens (including phenoxy) is 4. The van der Waals surface area contributed by atoms with Crippen LogP contribution in [0, 0.1) is 35.5 Å². The van der Waals surface area contributed by atoms with Gasteiger partial charge in [0.2, 0.25) is 5.82 Å². The first-order chi connectivity index (χ1) is 52.0. The fraction of sp³-hybridized carbons (Fsp3) is 0.682. The van der Waals surface area contributed by atoms with E-state index in [-0.39, 0.29) is 61.2 Å². The highest BCUT2D eigenvalue weighted by atomic mass is 35.5. The smallest absolute Gasteiger partial charge is 0.418 e. The number of carbonyl (C=O) groups is 7. The van der Waals surface area contributed by atoms with Crippen molar-refractivity contribution >= 4 is 75.5 Å². The van der Waals surface area contributed by atoms with Crippen molar-refractivity contribution in [2.75, 3.05) is 36.9 Å². The minimum atomic E-state index is -1.06. The molecule has 3 amide bonds. The number of hydrogen-bond donors (Lipinski definition) is 4. The summed E-state index contributed by atoms with van der Waals surface area (Å²) in [5, 5.41) is 9.71. The third-order valence-corrected chi connectivity index (χ3v) is 26.8. The van der Waals surface area contributed by atoms with Crippen molar-refractivity contribution in [2.45, 2.75) is 305 Å². The molecule has 6 unspecified atom stereocenters. The molecule has 6 aliphatic carbocycles. The maximum absolute atomic E-state index is 13.7. The highest BCUT2D eigenvalue weighted by molar-refractivity contribution is 6.37. The van der Waals surface area contributed by atoms with Gasteiger partial charge in [0.15, 0.2) is 6.07 Å². The summed E-state index contributed by atoms with van der Waals surface area (Å²) in [7, 11) is 0. The lowest BCUT2D eigenvalue weighted by Crippen LogP contribution is -2.61. The maximum atomic E-state index is 13.7. The van der Waals surface area contributed by atoms with E-state index in [1.807, 2.05) is 42.5 Å². The van der Waals surface area contributed by atoms with Crippen LogP contribution in [-0.2, 0) is 38.1 Å². The summed E-state index contributed by atoms with van der Waals surface area (Å²) >= 11 is 4.99. The molecule has 1 aromatic heterocycles. The van der Waals surface area contributed by atoms with Crippen LogP contribution in [0.3, 0.4) is 0 Å². The zero-order valence-electron chi connectivity index (χ0n) is 63.6. The number of amides is 3. The molecule has 6 aliphatic heterocycles. The monoisotopic (exact) mass is 1490 g/mol. The number of para-hydroxylation sites is 3. The van der Waals surface area contributed by atoms with Crippen LogP contribution >= 0.6 is 11.6 Å². The van der Waals surface area contributed by atoms with Crippen molar-refractivity contribution in [1.82, 2.24) is 34.9 Å². The lowest BCUT2D eigenvalue weighted by atomic mass is 9.68. The van der Waals surface area contributed by atoms with Gasteiger partial charge in [0.1, 0.15) is 0 Å². The Morgan fingerprint density at radius 2 is 0.813 bits per heavy atom. The number of nitrogens with two attached hydrogens (primary N) is 1. The minimum absolute atomic E-state index is 0.00125. The maximum Gasteiger partial charge on any atom is 0.418 e. The van der Waals surface area contributed by atoms with Gasteiger partial charge in [-0.15, -0.1) is 0 Å². The standard InChI is InChI=1S/C28H39N3O4.C28H37N3O3.C24H35N3O.C5H7ClO4/c1-2-35-28(34)27(33)30-25-12-4-3-11-24(25)26(32)29-20-16-21-9-6-10-22(17-20)31(21)23-14-18-7-5-8-19(13-18)15-23;1-2-34-28(33)26-29-25-12-4-3-11-24(25)27(32)31(26)23-16-20-9-6-10-21(17-23)30(20)22-14-18-7-5-8-19(13-18)15-22;25-23-10-2-1-9-22(23)24(28)26-18-14-19-7-4-8-20(15-18)27(19)21-12-16-5-3-6-17(11-16)13-21;1-2-9-4(7)5(8)10-3-6/h3-4,11-12,18-23H,2,5-10,13-17H2,1H3,(H,29,32)(H,30,33);3-4,11-12,18-23H,2,5-10,13-17H2,1H3;1-2,9-10,16-21H,3-8,11-15,25H2,(H,26,28);2-3H2,1H3/t18-,19+,20?,21-,22+,23?;18-,19+,20-,21+,22?,23?;16-,17+,18?,19-,20+,21?;. The van der Waals surface area contributed by atoms with Gasteiger partial charge >= 0.3 is 29.8 Å². The molecule has 3 aromatic carbocycles. The second-order valence-corrected chi connectivity index (χ2v) is 33.7. The van der Waals surface area contributed by atoms with Gasteiger partial charge in [-0.05, 0) is 228 Å². The number of nitrogens with one attached hydrogen (secondary N) is 3. The molecule has 5 N–H and O–H groups in total. The van der Waals surface area contributed by atoms with Crippen molar-refractivity contribution in [1.29, 1.82) is 0 Å². The molecule has 107 heavy (non-hydrogen) atoms. The van der Waals surface area contributed by atoms with Crippen LogP contribution in [0.4, 0.5) is 11.4 Å². The molecule has 21 nitrogen and oxygen atoms in total. The molecule has 582 valence electrons. The van der Waals surface area contributed by atoms with Crippen LogP contribution in [0.1, 0.15) is 270 Å². The molecule has 0 spiro atoms. The zero-order chi connectivity index (χ0) is 74.7. The largest absolute Gasteiger partial charge is 0.460 e. The summed E-state index contributed by atoms with van der Waals surface area (Å²) in [5.74, 6) is 1.24. The Morgan fingerprint density at radius 1 is 0.430 bits per heavy atom. The summed E-state index contributed by atoms with van der Waals surface area (Å²) < 4.78 is 20.2. The summed E-state index contributed by atoms with van der Waals surface area (Å²) in [5.41, 5.74) is 8.38. The number of aromatic nitrogens is 2. The average molecular weight is 1490 g/mol. The van der Waals surface area contributed by atoms with Gasteiger partial charge in [0.05, 0.1) is 47.5 Å². The number of benzene rings is 3. The lowest BCUT2D eigenvalue weighted by Gasteiger charge is -2.55. The van der Waals surface area contributed by atoms with E-state index in [1.54, 1.807) is 55.7 Å². The fourth-order valence-corrected chi connectivity index (χ4v) is 22.9. The van der Waals surface area contributed by atoms with Crippen molar-refractivity contribution in [3.8, 4) is 0 Å². The predicted octanol–water partition coefficient (Wildman–Crippen LogP) is 14.0. The number of piperidine rings is 6. The number of nitrogens with zero attached hydrogens (tertiary/aromatic N) is 5. The Kier molecular flexibility index (Phi) is 26.8. The van der Waals surface area contributed by atoms with E-state index in [9.17, 15) is 38.4 Å². The average Bonchev–Trinajstić information content (AvgIpc) is 0.702. The van der Waals surface area contributed by atoms with Gasteiger partial charge in [0, 0.05) is 78.2 Å². The number of rotatable bonds is 14. The SMILES string of the molecule is CCOC(=O)C(=O)Nc1ccccc1C(=O)NC1C[C@H]2CCC[C@@H](C1)N2C1C[C@H]2CCC[C@@H](C1)C2.CCOC(=O)C(=O)OCCl.CCOC(=O)c1nc2ccccc2c(=O)n1C1C[C@H]2CCC[C@@H](C1)N2C1C[C@H]2CCC[C@@H](C1)C2.Nc1ccccc1C(=O)NC1C[C@H]2CCC[C@@H](C1)N2C1C[C@H]2CCC[C@@H](C1)C2. The van der Waals surface area contributed by atoms with Crippen LogP contribution in [0.2, 0.25) is 0 Å². The Labute approximate surface area is 637 Å². The van der Waals surface area contributed by atoms with Gasteiger partial charge in [-0.3, -0.25) is 38.4 Å². The van der Waals surface area contributed by atoms with E-state index >= 15 is 0 Å². The van der Waals surface area contributed by atoms with E-state index in [0.29, 0.717) is 81.7 Å². The first kappa shape index (κ1) is 78.2. The Bertz CT molecular complexity index is 3720. The highest BCUT2D eigenvalue weighted by Gasteiger charge is 2.49. The Morgan fingerprint density at radius 3 is 1.26 bits per heavy atom. The van der Waals surface area contributed by atoms with E-state index in [0.717, 1.165) is 86.1 Å². The topological polar surface area (TPSA) is 263 Å². The number of anilines is 2. The van der Waals surface area contributed by atoms with Crippen LogP contribution in [0.15, 0.2) is 77.6 Å².